The largest absolute Gasteiger partial charge is 0.352 e. The quantitative estimate of drug-likeness (QED) is 0.375. The van der Waals surface area contributed by atoms with Crippen LogP contribution < -0.4 is 5.32 Å². The van der Waals surface area contributed by atoms with E-state index in [1.54, 1.807) is 6.92 Å². The molecule has 4 heteroatoms. The maximum atomic E-state index is 11.2. The van der Waals surface area contributed by atoms with Gasteiger partial charge >= 0.3 is 0 Å². The van der Waals surface area contributed by atoms with Crippen LogP contribution in [0.4, 0.5) is 0 Å². The lowest BCUT2D eigenvalue weighted by atomic mass is 10.3. The van der Waals surface area contributed by atoms with Crippen molar-refractivity contribution in [2.45, 2.75) is 45.3 Å². The summed E-state index contributed by atoms with van der Waals surface area (Å²) in [5.41, 5.74) is 0.584. The molecule has 1 N–H and O–H groups in total. The van der Waals surface area contributed by atoms with Crippen LogP contribution in [0.1, 0.15) is 26.2 Å². The lowest BCUT2D eigenvalue weighted by Gasteiger charge is -2.16. The predicted octanol–water partition coefficient (Wildman–Crippen LogP) is 2.27. The Morgan fingerprint density at radius 3 is 2.39 bits per heavy atom. The van der Waals surface area contributed by atoms with Crippen LogP contribution >= 0.6 is 0 Å². The first-order valence-electron chi connectivity index (χ1n) is 7.05. The molecule has 0 unspecified atom stereocenters. The number of carbonyl (C=O) groups excluding carboxylic acids is 1. The van der Waals surface area contributed by atoms with Crippen molar-refractivity contribution in [1.29, 1.82) is 0 Å². The molecule has 0 bridgehead atoms. The number of rotatable bonds is 10. The van der Waals surface area contributed by atoms with Gasteiger partial charge in [0, 0.05) is 20.9 Å². The van der Waals surface area contributed by atoms with Crippen LogP contribution in [0.3, 0.4) is 0 Å². The van der Waals surface area contributed by atoms with Gasteiger partial charge in [0.2, 0.25) is 5.91 Å². The van der Waals surface area contributed by atoms with Crippen molar-refractivity contribution < 1.29 is 4.79 Å². The molecule has 18 heavy (non-hydrogen) atoms. The highest BCUT2D eigenvalue weighted by atomic mass is 28.3. The Balaban J connectivity index is 3.39. The normalized spacial score (nSPS) is 11.0. The fourth-order valence-corrected chi connectivity index (χ4v) is 2.85. The lowest BCUT2D eigenvalue weighted by molar-refractivity contribution is -0.117. The highest BCUT2D eigenvalue weighted by Gasteiger charge is 2.02. The smallest absolute Gasteiger partial charge is 0.246 e. The van der Waals surface area contributed by atoms with Gasteiger partial charge in [0.05, 0.1) is 0 Å². The summed E-state index contributed by atoms with van der Waals surface area (Å²) in [4.78, 5) is 13.6. The molecule has 1 amide bonds. The number of hydrogen-bond donors (Lipinski definition) is 1. The van der Waals surface area contributed by atoms with E-state index in [2.05, 4.69) is 36.9 Å². The molecule has 0 saturated carbocycles. The summed E-state index contributed by atoms with van der Waals surface area (Å²) in [5, 5.41) is 2.86. The molecule has 0 atom stereocenters. The van der Waals surface area contributed by atoms with E-state index in [1.165, 1.54) is 25.4 Å². The van der Waals surface area contributed by atoms with E-state index < -0.39 is 0 Å². The number of nitrogens with one attached hydrogen (secondary N) is 1. The van der Waals surface area contributed by atoms with Crippen molar-refractivity contribution in [3.05, 3.63) is 12.2 Å². The zero-order valence-corrected chi connectivity index (χ0v) is 13.7. The van der Waals surface area contributed by atoms with Crippen molar-refractivity contribution in [3.63, 3.8) is 0 Å². The number of amides is 1. The molecule has 0 spiro atoms. The molecule has 0 aromatic carbocycles. The Morgan fingerprint density at radius 2 is 1.83 bits per heavy atom. The fourth-order valence-electron chi connectivity index (χ4n) is 1.75. The van der Waals surface area contributed by atoms with E-state index in [1.807, 2.05) is 0 Å². The van der Waals surface area contributed by atoms with Crippen LogP contribution in [-0.4, -0.2) is 46.3 Å². The van der Waals surface area contributed by atoms with Crippen LogP contribution in [0.2, 0.25) is 19.1 Å². The van der Waals surface area contributed by atoms with Crippen molar-refractivity contribution in [2.75, 3.05) is 26.7 Å². The molecule has 0 aliphatic heterocycles. The second-order valence-corrected chi connectivity index (χ2v) is 8.95. The minimum atomic E-state index is -0.356. The van der Waals surface area contributed by atoms with Crippen LogP contribution in [0.5, 0.6) is 0 Å². The molecule has 0 aliphatic rings. The van der Waals surface area contributed by atoms with E-state index in [4.69, 9.17) is 0 Å². The van der Waals surface area contributed by atoms with Crippen molar-refractivity contribution in [3.8, 4) is 0 Å². The Morgan fingerprint density at radius 1 is 1.22 bits per heavy atom. The monoisotopic (exact) mass is 270 g/mol. The van der Waals surface area contributed by atoms with Gasteiger partial charge in [-0.1, -0.05) is 32.1 Å². The van der Waals surface area contributed by atoms with Gasteiger partial charge in [-0.15, -0.1) is 0 Å². The van der Waals surface area contributed by atoms with E-state index >= 15 is 0 Å². The molecule has 0 aromatic heterocycles. The molecule has 3 nitrogen and oxygen atoms in total. The topological polar surface area (TPSA) is 32.3 Å². The molecule has 0 saturated heterocycles. The summed E-state index contributed by atoms with van der Waals surface area (Å²) in [7, 11) is 1.80. The van der Waals surface area contributed by atoms with Gasteiger partial charge in [-0.25, -0.2) is 0 Å². The Kier molecular flexibility index (Phi) is 9.97. The zero-order valence-electron chi connectivity index (χ0n) is 12.6. The molecule has 0 fully saturated rings. The minimum Gasteiger partial charge on any atom is -0.352 e. The third-order valence-electron chi connectivity index (χ3n) is 2.96. The van der Waals surface area contributed by atoms with Crippen LogP contribution in [0.15, 0.2) is 12.2 Å². The highest BCUT2D eigenvalue weighted by Crippen LogP contribution is 2.02. The second-order valence-electron chi connectivity index (χ2n) is 5.58. The summed E-state index contributed by atoms with van der Waals surface area (Å²) in [6, 6.07) is 1.46. The summed E-state index contributed by atoms with van der Waals surface area (Å²) < 4.78 is 0. The molecule has 106 valence electrons. The lowest BCUT2D eigenvalue weighted by Crippen LogP contribution is -2.28. The van der Waals surface area contributed by atoms with E-state index in [9.17, 15) is 4.79 Å². The summed E-state index contributed by atoms with van der Waals surface area (Å²) in [5.74, 6) is -0.0282. The molecular weight excluding hydrogens is 240 g/mol. The first kappa shape index (κ1) is 17.4. The van der Waals surface area contributed by atoms with Gasteiger partial charge in [-0.3, -0.25) is 4.79 Å². The van der Waals surface area contributed by atoms with Crippen molar-refractivity contribution in [2.24, 2.45) is 0 Å². The predicted molar refractivity (Wildman–Crippen MR) is 82.9 cm³/mol. The fraction of sp³-hybridized carbons (Fsp3) is 0.786. The third kappa shape index (κ3) is 10.5. The van der Waals surface area contributed by atoms with Crippen LogP contribution in [-0.2, 0) is 4.79 Å². The number of hydrogen-bond acceptors (Lipinski definition) is 2. The highest BCUT2D eigenvalue weighted by molar-refractivity contribution is 6.55. The van der Waals surface area contributed by atoms with E-state index in [-0.39, 0.29) is 14.7 Å². The molecule has 0 aliphatic carbocycles. The van der Waals surface area contributed by atoms with Gasteiger partial charge in [0.1, 0.15) is 0 Å². The maximum absolute atomic E-state index is 11.2. The van der Waals surface area contributed by atoms with Crippen LogP contribution in [0.25, 0.3) is 0 Å². The van der Waals surface area contributed by atoms with E-state index in [0.29, 0.717) is 5.57 Å². The second kappa shape index (κ2) is 10.3. The van der Waals surface area contributed by atoms with Gasteiger partial charge in [0.25, 0.3) is 0 Å². The zero-order chi connectivity index (χ0) is 14.0. The standard InChI is InChI=1S/C14H30N2OSi/c1-13(2)14(17)15-9-8-11-16(3)10-6-7-12-18(4)5/h18H,1,6-12H2,2-5H3,(H,15,17). The maximum Gasteiger partial charge on any atom is 0.246 e. The van der Waals surface area contributed by atoms with Gasteiger partial charge < -0.3 is 10.2 Å². The summed E-state index contributed by atoms with van der Waals surface area (Å²) >= 11 is 0. The summed E-state index contributed by atoms with van der Waals surface area (Å²) in [6.45, 7) is 13.1. The molecule has 0 heterocycles. The SMILES string of the molecule is C=C(C)C(=O)NCCCN(C)CCCC[SiH](C)C. The van der Waals surface area contributed by atoms with Crippen molar-refractivity contribution in [1.82, 2.24) is 10.2 Å². The van der Waals surface area contributed by atoms with Gasteiger partial charge in [-0.05, 0) is 39.9 Å². The van der Waals surface area contributed by atoms with Gasteiger partial charge in [-0.2, -0.15) is 0 Å². The summed E-state index contributed by atoms with van der Waals surface area (Å²) in [6.07, 6.45) is 3.69. The van der Waals surface area contributed by atoms with Crippen LogP contribution in [0, 0.1) is 0 Å². The first-order chi connectivity index (χ1) is 8.43. The average molecular weight is 270 g/mol. The molecule has 0 aromatic rings. The molecule has 0 radical (unpaired) electrons. The minimum absolute atomic E-state index is 0.0282. The van der Waals surface area contributed by atoms with Gasteiger partial charge in [0.15, 0.2) is 0 Å². The number of carbonyl (C=O) groups is 1. The number of unbranched alkanes of at least 4 members (excludes halogenated alkanes) is 1. The van der Waals surface area contributed by atoms with Crippen molar-refractivity contribution >= 4 is 14.7 Å². The molecule has 0 rings (SSSR count). The Bertz CT molecular complexity index is 254. The molecular formula is C14H30N2OSi. The third-order valence-corrected chi connectivity index (χ3v) is 4.52. The Hall–Kier alpha value is -0.613. The number of nitrogens with zero attached hydrogens (tertiary/aromatic N) is 1. The average Bonchev–Trinajstić information content (AvgIpc) is 2.29. The van der Waals surface area contributed by atoms with E-state index in [0.717, 1.165) is 19.5 Å². The first-order valence-corrected chi connectivity index (χ1v) is 10.2. The Labute approximate surface area is 114 Å².